The van der Waals surface area contributed by atoms with E-state index in [0.717, 1.165) is 77.4 Å². The lowest BCUT2D eigenvalue weighted by atomic mass is 9.91. The molecule has 0 radical (unpaired) electrons. The van der Waals surface area contributed by atoms with Crippen LogP contribution in [0.25, 0.3) is 121 Å². The summed E-state index contributed by atoms with van der Waals surface area (Å²) in [6.45, 7) is 0. The quantitative estimate of drug-likeness (QED) is 0.180. The largest absolute Gasteiger partial charge is 0.456 e. The molecule has 0 aliphatic heterocycles. The Morgan fingerprint density at radius 1 is 0.293 bits per heavy atom. The van der Waals surface area contributed by atoms with E-state index < -0.39 is 0 Å². The number of fused-ring (bicyclic) bond motifs is 12. The predicted octanol–water partition coefficient (Wildman–Crippen LogP) is 15.0. The van der Waals surface area contributed by atoms with E-state index >= 15 is 0 Å². The van der Waals surface area contributed by atoms with E-state index in [4.69, 9.17) is 8.83 Å². The maximum atomic E-state index is 6.30. The fourth-order valence-corrected chi connectivity index (χ4v) is 9.59. The van der Waals surface area contributed by atoms with Crippen LogP contribution in [-0.4, -0.2) is 9.13 Å². The molecule has 0 aliphatic rings. The van der Waals surface area contributed by atoms with E-state index in [2.05, 4.69) is 179 Å². The summed E-state index contributed by atoms with van der Waals surface area (Å²) in [5.74, 6) is 0. The molecule has 0 fully saturated rings. The predicted molar refractivity (Wildman–Crippen MR) is 241 cm³/mol. The number of aromatic nitrogens is 2. The Hall–Kier alpha value is -7.82. The standard InChI is InChI=1S/C54H32N2O2/c1-2-12-33(13-3-1)37-25-26-42-38-14-4-9-19-47(38)56(36-24-29-52-45(32-36)41-17-7-11-21-50(41)58-52)54(42)53(37)34-22-27-48-43(30-34)39-15-5-8-18-46(39)55(48)35-23-28-51-44(31-35)40-16-6-10-20-49(40)57-51/h1-32H. The summed E-state index contributed by atoms with van der Waals surface area (Å²) < 4.78 is 17.4. The Kier molecular flexibility index (Phi) is 6.41. The zero-order chi connectivity index (χ0) is 37.9. The Labute approximate surface area is 332 Å². The van der Waals surface area contributed by atoms with Crippen LogP contribution in [0, 0.1) is 0 Å². The molecule has 4 heterocycles. The van der Waals surface area contributed by atoms with Crippen LogP contribution in [0.2, 0.25) is 0 Å². The van der Waals surface area contributed by atoms with Crippen molar-refractivity contribution in [2.75, 3.05) is 0 Å². The summed E-state index contributed by atoms with van der Waals surface area (Å²) in [5, 5.41) is 9.31. The van der Waals surface area contributed by atoms with Crippen molar-refractivity contribution in [1.82, 2.24) is 9.13 Å². The molecule has 58 heavy (non-hydrogen) atoms. The molecule has 0 bridgehead atoms. The monoisotopic (exact) mass is 740 g/mol. The normalized spacial score (nSPS) is 12.1. The van der Waals surface area contributed by atoms with Gasteiger partial charge in [-0.3, -0.25) is 0 Å². The second kappa shape index (κ2) is 11.8. The van der Waals surface area contributed by atoms with E-state index in [1.54, 1.807) is 0 Å². The van der Waals surface area contributed by atoms with Crippen molar-refractivity contribution in [3.05, 3.63) is 194 Å². The molecule has 0 unspecified atom stereocenters. The van der Waals surface area contributed by atoms with Gasteiger partial charge >= 0.3 is 0 Å². The fraction of sp³-hybridized carbons (Fsp3) is 0. The minimum absolute atomic E-state index is 0.887. The SMILES string of the molecule is c1ccc(-c2ccc3c4ccccc4n(-c4ccc5oc6ccccc6c5c4)c3c2-c2ccc3c(c2)c2ccccc2n3-c2ccc3oc4ccccc4c3c2)cc1. The number of benzene rings is 9. The van der Waals surface area contributed by atoms with Crippen molar-refractivity contribution in [2.45, 2.75) is 0 Å². The van der Waals surface area contributed by atoms with Gasteiger partial charge in [0.1, 0.15) is 22.3 Å². The summed E-state index contributed by atoms with van der Waals surface area (Å²) in [6.07, 6.45) is 0. The van der Waals surface area contributed by atoms with Crippen LogP contribution in [0.1, 0.15) is 0 Å². The van der Waals surface area contributed by atoms with E-state index in [1.165, 1.54) is 43.8 Å². The first-order valence-corrected chi connectivity index (χ1v) is 19.8. The van der Waals surface area contributed by atoms with Gasteiger partial charge in [0, 0.05) is 60.0 Å². The smallest absolute Gasteiger partial charge is 0.135 e. The van der Waals surface area contributed by atoms with Gasteiger partial charge in [0.05, 0.1) is 22.1 Å². The van der Waals surface area contributed by atoms with Crippen molar-refractivity contribution >= 4 is 87.5 Å². The second-order valence-corrected chi connectivity index (χ2v) is 15.2. The molecular formula is C54H32N2O2. The number of furan rings is 2. The molecule has 9 aromatic carbocycles. The first-order chi connectivity index (χ1) is 28.8. The first kappa shape index (κ1) is 31.4. The zero-order valence-corrected chi connectivity index (χ0v) is 31.2. The number of para-hydroxylation sites is 4. The van der Waals surface area contributed by atoms with Crippen LogP contribution in [0.15, 0.2) is 203 Å². The van der Waals surface area contributed by atoms with Gasteiger partial charge in [-0.15, -0.1) is 0 Å². The zero-order valence-electron chi connectivity index (χ0n) is 31.2. The molecule has 0 amide bonds. The highest BCUT2D eigenvalue weighted by Crippen LogP contribution is 2.46. The van der Waals surface area contributed by atoms with Crippen molar-refractivity contribution in [1.29, 1.82) is 0 Å². The molecule has 0 aliphatic carbocycles. The van der Waals surface area contributed by atoms with Gasteiger partial charge in [-0.05, 0) is 89.5 Å². The molecule has 4 nitrogen and oxygen atoms in total. The Bertz CT molecular complexity index is 3800. The van der Waals surface area contributed by atoms with Crippen LogP contribution in [0.5, 0.6) is 0 Å². The molecule has 0 saturated carbocycles. The number of rotatable bonds is 4. The average Bonchev–Trinajstić information content (AvgIpc) is 4.03. The maximum Gasteiger partial charge on any atom is 0.135 e. The molecule has 270 valence electrons. The number of hydrogen-bond donors (Lipinski definition) is 0. The molecular weight excluding hydrogens is 709 g/mol. The molecule has 4 aromatic heterocycles. The maximum absolute atomic E-state index is 6.30. The van der Waals surface area contributed by atoms with Gasteiger partial charge in [-0.25, -0.2) is 0 Å². The Morgan fingerprint density at radius 2 is 0.810 bits per heavy atom. The van der Waals surface area contributed by atoms with Crippen LogP contribution in [0.4, 0.5) is 0 Å². The number of hydrogen-bond acceptors (Lipinski definition) is 2. The highest BCUT2D eigenvalue weighted by Gasteiger charge is 2.23. The van der Waals surface area contributed by atoms with Gasteiger partial charge in [0.2, 0.25) is 0 Å². The van der Waals surface area contributed by atoms with Crippen molar-refractivity contribution in [3.63, 3.8) is 0 Å². The van der Waals surface area contributed by atoms with Gasteiger partial charge in [0.15, 0.2) is 0 Å². The van der Waals surface area contributed by atoms with Crippen molar-refractivity contribution in [2.24, 2.45) is 0 Å². The molecule has 0 spiro atoms. The Balaban J connectivity index is 1.12. The molecule has 13 aromatic rings. The molecule has 0 atom stereocenters. The third-order valence-corrected chi connectivity index (χ3v) is 12.1. The Morgan fingerprint density at radius 3 is 1.48 bits per heavy atom. The molecule has 0 saturated heterocycles. The van der Waals surface area contributed by atoms with E-state index in [1.807, 2.05) is 24.3 Å². The van der Waals surface area contributed by atoms with Crippen molar-refractivity contribution < 1.29 is 8.83 Å². The summed E-state index contributed by atoms with van der Waals surface area (Å²) >= 11 is 0. The lowest BCUT2D eigenvalue weighted by molar-refractivity contribution is 0.668. The van der Waals surface area contributed by atoms with Crippen molar-refractivity contribution in [3.8, 4) is 33.6 Å². The number of nitrogens with zero attached hydrogens (tertiary/aromatic N) is 2. The van der Waals surface area contributed by atoms with Gasteiger partial charge in [0.25, 0.3) is 0 Å². The second-order valence-electron chi connectivity index (χ2n) is 15.2. The molecule has 4 heteroatoms. The van der Waals surface area contributed by atoms with E-state index in [-0.39, 0.29) is 0 Å². The van der Waals surface area contributed by atoms with Crippen LogP contribution >= 0.6 is 0 Å². The highest BCUT2D eigenvalue weighted by molar-refractivity contribution is 6.19. The first-order valence-electron chi connectivity index (χ1n) is 19.8. The van der Waals surface area contributed by atoms with Gasteiger partial charge < -0.3 is 18.0 Å². The molecule has 0 N–H and O–H groups in total. The van der Waals surface area contributed by atoms with Gasteiger partial charge in [-0.2, -0.15) is 0 Å². The van der Waals surface area contributed by atoms with Crippen LogP contribution in [0.3, 0.4) is 0 Å². The summed E-state index contributed by atoms with van der Waals surface area (Å²) in [6, 6.07) is 69.8. The lowest BCUT2D eigenvalue weighted by Crippen LogP contribution is -1.97. The van der Waals surface area contributed by atoms with E-state index in [0.29, 0.717) is 0 Å². The highest BCUT2D eigenvalue weighted by atomic mass is 16.3. The summed E-state index contributed by atoms with van der Waals surface area (Å²) in [4.78, 5) is 0. The van der Waals surface area contributed by atoms with Crippen LogP contribution < -0.4 is 0 Å². The lowest BCUT2D eigenvalue weighted by Gasteiger charge is -2.17. The minimum Gasteiger partial charge on any atom is -0.456 e. The minimum atomic E-state index is 0.887. The summed E-state index contributed by atoms with van der Waals surface area (Å²) in [7, 11) is 0. The third-order valence-electron chi connectivity index (χ3n) is 12.1. The summed E-state index contributed by atoms with van der Waals surface area (Å²) in [5.41, 5.74) is 15.2. The third kappa shape index (κ3) is 4.40. The fourth-order valence-electron chi connectivity index (χ4n) is 9.59. The molecule has 13 rings (SSSR count). The van der Waals surface area contributed by atoms with E-state index in [9.17, 15) is 0 Å². The van der Waals surface area contributed by atoms with Gasteiger partial charge in [-0.1, -0.05) is 121 Å². The average molecular weight is 741 g/mol. The van der Waals surface area contributed by atoms with Crippen LogP contribution in [-0.2, 0) is 0 Å². The topological polar surface area (TPSA) is 36.1 Å².